The lowest BCUT2D eigenvalue weighted by molar-refractivity contribution is -0.142. The number of esters is 3. The topological polar surface area (TPSA) is 206 Å². The molecule has 0 saturated carbocycles. The van der Waals surface area contributed by atoms with E-state index in [1.165, 1.54) is 39.5 Å². The molecule has 0 spiro atoms. The van der Waals surface area contributed by atoms with Crippen LogP contribution in [0.4, 0.5) is 0 Å². The summed E-state index contributed by atoms with van der Waals surface area (Å²) in [6.45, 7) is 4.93. The number of methoxy groups -OCH3 is 3. The molecule has 3 aromatic carbocycles. The van der Waals surface area contributed by atoms with Crippen LogP contribution in [-0.2, 0) is 28.6 Å². The fraction of sp³-hybridized carbons (Fsp3) is 0.333. The third-order valence-electron chi connectivity index (χ3n) is 7.88. The van der Waals surface area contributed by atoms with Crippen LogP contribution >= 0.6 is 0 Å². The summed E-state index contributed by atoms with van der Waals surface area (Å²) in [5.74, 6) is -1.00. The molecule has 4 aromatic rings. The molecule has 0 radical (unpaired) electrons. The van der Waals surface area contributed by atoms with Crippen LogP contribution in [0.15, 0.2) is 36.4 Å². The van der Waals surface area contributed by atoms with E-state index in [4.69, 9.17) is 14.2 Å². The molecule has 0 atom stereocenters. The molecule has 0 saturated heterocycles. The lowest BCUT2D eigenvalue weighted by Crippen LogP contribution is -2.08. The second-order valence-electron chi connectivity index (χ2n) is 11.1. The number of aromatic hydroxyl groups is 3. The quantitative estimate of drug-likeness (QED) is 0.113. The number of carbonyl (C=O) groups excluding carboxylic acids is 3. The first-order valence-corrected chi connectivity index (χ1v) is 15.7. The Bertz CT molecular complexity index is 1700. The Balaban J connectivity index is 1.80. The second kappa shape index (κ2) is 17.0. The molecule has 0 fully saturated rings. The van der Waals surface area contributed by atoms with Gasteiger partial charge in [-0.2, -0.15) is 0 Å². The SMILES string of the molecule is COC(=O)CCOc1ccc(-c2nc(-c3ccc(OCCC(=O)OC)c(C)c3O)nc(-c3ccc(OCCC(=O)OC)c(C)c3O)n2)c(O)c1C. The Morgan fingerprint density at radius 1 is 0.490 bits per heavy atom. The van der Waals surface area contributed by atoms with Gasteiger partial charge in [0, 0.05) is 16.7 Å². The van der Waals surface area contributed by atoms with Gasteiger partial charge < -0.3 is 43.7 Å². The monoisotopic (exact) mass is 705 g/mol. The van der Waals surface area contributed by atoms with E-state index in [0.717, 1.165) is 0 Å². The molecule has 0 aliphatic carbocycles. The predicted molar refractivity (Wildman–Crippen MR) is 182 cm³/mol. The van der Waals surface area contributed by atoms with Gasteiger partial charge in [-0.3, -0.25) is 14.4 Å². The van der Waals surface area contributed by atoms with Crippen LogP contribution in [0.2, 0.25) is 0 Å². The van der Waals surface area contributed by atoms with E-state index in [0.29, 0.717) is 33.9 Å². The minimum atomic E-state index is -0.447. The van der Waals surface area contributed by atoms with Crippen molar-refractivity contribution in [2.75, 3.05) is 41.2 Å². The van der Waals surface area contributed by atoms with Crippen molar-refractivity contribution in [3.63, 3.8) is 0 Å². The molecule has 0 unspecified atom stereocenters. The van der Waals surface area contributed by atoms with Gasteiger partial charge in [-0.15, -0.1) is 0 Å². The largest absolute Gasteiger partial charge is 0.507 e. The van der Waals surface area contributed by atoms with E-state index >= 15 is 0 Å². The molecule has 270 valence electrons. The maximum atomic E-state index is 11.5. The van der Waals surface area contributed by atoms with Crippen molar-refractivity contribution in [1.82, 2.24) is 15.0 Å². The van der Waals surface area contributed by atoms with Crippen molar-refractivity contribution in [2.45, 2.75) is 40.0 Å². The van der Waals surface area contributed by atoms with E-state index in [1.54, 1.807) is 39.0 Å². The molecule has 0 amide bonds. The highest BCUT2D eigenvalue weighted by Crippen LogP contribution is 2.41. The van der Waals surface area contributed by atoms with Crippen LogP contribution in [0, 0.1) is 20.8 Å². The number of phenols is 3. The number of hydrogen-bond donors (Lipinski definition) is 3. The predicted octanol–water partition coefficient (Wildman–Crippen LogP) is 4.74. The molecule has 51 heavy (non-hydrogen) atoms. The van der Waals surface area contributed by atoms with Gasteiger partial charge in [-0.05, 0) is 57.2 Å². The zero-order valence-electron chi connectivity index (χ0n) is 29.1. The zero-order chi connectivity index (χ0) is 37.2. The van der Waals surface area contributed by atoms with Gasteiger partial charge in [-0.1, -0.05) is 0 Å². The summed E-state index contributed by atoms with van der Waals surface area (Å²) >= 11 is 0. The summed E-state index contributed by atoms with van der Waals surface area (Å²) in [4.78, 5) is 48.4. The molecule has 0 bridgehead atoms. The second-order valence-corrected chi connectivity index (χ2v) is 11.1. The van der Waals surface area contributed by atoms with Crippen LogP contribution in [0.1, 0.15) is 36.0 Å². The number of phenolic OH excluding ortho intramolecular Hbond substituents is 3. The highest BCUT2D eigenvalue weighted by molar-refractivity contribution is 5.77. The third kappa shape index (κ3) is 8.92. The van der Waals surface area contributed by atoms with Crippen molar-refractivity contribution in [2.24, 2.45) is 0 Å². The van der Waals surface area contributed by atoms with Gasteiger partial charge in [0.25, 0.3) is 0 Å². The van der Waals surface area contributed by atoms with E-state index in [9.17, 15) is 29.7 Å². The number of aromatic nitrogens is 3. The van der Waals surface area contributed by atoms with E-state index in [-0.39, 0.29) is 90.5 Å². The van der Waals surface area contributed by atoms with Gasteiger partial charge in [-0.25, -0.2) is 15.0 Å². The number of ether oxygens (including phenoxy) is 6. The van der Waals surface area contributed by atoms with Crippen LogP contribution in [-0.4, -0.2) is 89.3 Å². The van der Waals surface area contributed by atoms with E-state index < -0.39 is 17.9 Å². The van der Waals surface area contributed by atoms with Gasteiger partial charge in [0.2, 0.25) is 0 Å². The standard InChI is InChI=1S/C36H39N3O12/c1-19-25(49-16-13-28(40)46-4)10-7-22(31(19)43)34-37-35(23-8-11-26(20(2)32(23)44)50-17-14-29(41)47-5)39-36(38-34)24-9-12-27(21(3)33(24)45)51-18-15-30(42)48-6/h7-12,43-45H,13-18H2,1-6H3. The van der Waals surface area contributed by atoms with Gasteiger partial charge in [0.05, 0.1) is 77.1 Å². The molecule has 15 nitrogen and oxygen atoms in total. The molecular weight excluding hydrogens is 666 g/mol. The van der Waals surface area contributed by atoms with Crippen molar-refractivity contribution in [3.8, 4) is 68.7 Å². The molecule has 3 N–H and O–H groups in total. The molecule has 0 aliphatic rings. The Kier molecular flexibility index (Phi) is 12.6. The lowest BCUT2D eigenvalue weighted by Gasteiger charge is -2.16. The van der Waals surface area contributed by atoms with Gasteiger partial charge >= 0.3 is 17.9 Å². The Morgan fingerprint density at radius 3 is 0.980 bits per heavy atom. The molecular formula is C36H39N3O12. The fourth-order valence-electron chi connectivity index (χ4n) is 4.83. The molecule has 1 heterocycles. The first-order valence-electron chi connectivity index (χ1n) is 15.7. The average molecular weight is 706 g/mol. The summed E-state index contributed by atoms with van der Waals surface area (Å²) in [6, 6.07) is 9.38. The molecule has 4 rings (SSSR count). The van der Waals surface area contributed by atoms with Crippen LogP contribution in [0.3, 0.4) is 0 Å². The van der Waals surface area contributed by atoms with Crippen LogP contribution in [0.5, 0.6) is 34.5 Å². The number of nitrogens with zero attached hydrogens (tertiary/aromatic N) is 3. The van der Waals surface area contributed by atoms with Crippen molar-refractivity contribution in [1.29, 1.82) is 0 Å². The summed E-state index contributed by atoms with van der Waals surface area (Å²) in [7, 11) is 3.83. The summed E-state index contributed by atoms with van der Waals surface area (Å²) in [6.07, 6.45) is 0.0258. The maximum Gasteiger partial charge on any atom is 0.308 e. The van der Waals surface area contributed by atoms with E-state index in [2.05, 4.69) is 29.2 Å². The normalized spacial score (nSPS) is 10.7. The highest BCUT2D eigenvalue weighted by atomic mass is 16.5. The number of rotatable bonds is 15. The van der Waals surface area contributed by atoms with Crippen molar-refractivity contribution < 1.29 is 58.1 Å². The maximum absolute atomic E-state index is 11.5. The summed E-state index contributed by atoms with van der Waals surface area (Å²) < 4.78 is 31.0. The van der Waals surface area contributed by atoms with Crippen molar-refractivity contribution >= 4 is 17.9 Å². The summed E-state index contributed by atoms with van der Waals surface area (Å²) in [5.41, 5.74) is 1.61. The molecule has 1 aromatic heterocycles. The van der Waals surface area contributed by atoms with Crippen LogP contribution < -0.4 is 14.2 Å². The van der Waals surface area contributed by atoms with Crippen molar-refractivity contribution in [3.05, 3.63) is 53.1 Å². The minimum absolute atomic E-state index is 0.00243. The van der Waals surface area contributed by atoms with Crippen LogP contribution in [0.25, 0.3) is 34.2 Å². The minimum Gasteiger partial charge on any atom is -0.507 e. The summed E-state index contributed by atoms with van der Waals surface area (Å²) in [5, 5.41) is 33.9. The first-order chi connectivity index (χ1) is 24.4. The van der Waals surface area contributed by atoms with Gasteiger partial charge in [0.1, 0.15) is 34.5 Å². The fourth-order valence-corrected chi connectivity index (χ4v) is 4.83. The molecule has 15 heteroatoms. The first kappa shape index (κ1) is 37.7. The van der Waals surface area contributed by atoms with Gasteiger partial charge in [0.15, 0.2) is 17.5 Å². The molecule has 0 aliphatic heterocycles. The zero-order valence-corrected chi connectivity index (χ0v) is 29.1. The lowest BCUT2D eigenvalue weighted by atomic mass is 10.1. The smallest absolute Gasteiger partial charge is 0.308 e. The Labute approximate surface area is 293 Å². The average Bonchev–Trinajstić information content (AvgIpc) is 3.13. The Morgan fingerprint density at radius 2 is 0.745 bits per heavy atom. The highest BCUT2D eigenvalue weighted by Gasteiger charge is 2.23. The Hall–Kier alpha value is -6.12. The number of carbonyl (C=O) groups is 3. The number of benzene rings is 3. The third-order valence-corrected chi connectivity index (χ3v) is 7.88. The number of hydrogen-bond acceptors (Lipinski definition) is 15. The van der Waals surface area contributed by atoms with E-state index in [1.807, 2.05) is 0 Å².